The lowest BCUT2D eigenvalue weighted by Gasteiger charge is -2.19. The van der Waals surface area contributed by atoms with Gasteiger partial charge in [0, 0.05) is 10.6 Å². The van der Waals surface area contributed by atoms with Gasteiger partial charge in [-0.2, -0.15) is 0 Å². The molecule has 0 saturated carbocycles. The third-order valence-corrected chi connectivity index (χ3v) is 4.72. The van der Waals surface area contributed by atoms with Gasteiger partial charge in [-0.15, -0.1) is 0 Å². The number of hydrogen-bond donors (Lipinski definition) is 0. The summed E-state index contributed by atoms with van der Waals surface area (Å²) in [5, 5.41) is 1.87. The molecule has 2 rings (SSSR count). The van der Waals surface area contributed by atoms with Gasteiger partial charge in [0.2, 0.25) is 0 Å². The Morgan fingerprint density at radius 1 is 0.833 bits per heavy atom. The van der Waals surface area contributed by atoms with Crippen molar-refractivity contribution in [1.29, 1.82) is 0 Å². The lowest BCUT2D eigenvalue weighted by atomic mass is 9.87. The van der Waals surface area contributed by atoms with E-state index in [0.29, 0.717) is 0 Å². The van der Waals surface area contributed by atoms with Crippen LogP contribution in [0.3, 0.4) is 0 Å². The molecule has 0 saturated heterocycles. The predicted octanol–water partition coefficient (Wildman–Crippen LogP) is 3.49. The predicted molar refractivity (Wildman–Crippen MR) is 79.9 cm³/mol. The molecule has 0 aliphatic heterocycles. The van der Waals surface area contributed by atoms with Gasteiger partial charge in [-0.25, -0.2) is 0 Å². The molecular formula is C16H19OP. The minimum atomic E-state index is -1.88. The number of hydrogen-bond acceptors (Lipinski definition) is 1. The van der Waals surface area contributed by atoms with Gasteiger partial charge in [0.05, 0.1) is 0 Å². The molecule has 0 bridgehead atoms. The second kappa shape index (κ2) is 5.12. The van der Waals surface area contributed by atoms with Gasteiger partial charge in [0.25, 0.3) is 0 Å². The van der Waals surface area contributed by atoms with E-state index >= 15 is 0 Å². The Hall–Kier alpha value is -1.33. The molecule has 94 valence electrons. The highest BCUT2D eigenvalue weighted by molar-refractivity contribution is 7.61. The summed E-state index contributed by atoms with van der Waals surface area (Å²) in [6.45, 7) is 6.52. The monoisotopic (exact) mass is 258 g/mol. The molecule has 2 aromatic rings. The second-order valence-corrected chi connectivity index (χ2v) is 7.34. The third-order valence-electron chi connectivity index (χ3n) is 3.03. The highest BCUT2D eigenvalue weighted by Crippen LogP contribution is 2.25. The van der Waals surface area contributed by atoms with Gasteiger partial charge < -0.3 is 4.57 Å². The fourth-order valence-corrected chi connectivity index (χ4v) is 3.25. The van der Waals surface area contributed by atoms with Crippen LogP contribution in [0.2, 0.25) is 0 Å². The molecule has 0 heterocycles. The van der Waals surface area contributed by atoms with Crippen LogP contribution in [0.4, 0.5) is 0 Å². The fourth-order valence-electron chi connectivity index (χ4n) is 1.88. The summed E-state index contributed by atoms with van der Waals surface area (Å²) in [5.74, 6) is 0. The zero-order valence-corrected chi connectivity index (χ0v) is 12.1. The molecule has 1 atom stereocenters. The van der Waals surface area contributed by atoms with E-state index in [4.69, 9.17) is 0 Å². The summed E-state index contributed by atoms with van der Waals surface area (Å²) < 4.78 is 12.5. The molecule has 0 aliphatic carbocycles. The van der Waals surface area contributed by atoms with E-state index in [9.17, 15) is 4.57 Å². The highest BCUT2D eigenvalue weighted by atomic mass is 31.1. The Balaban J connectivity index is 2.38. The smallest absolute Gasteiger partial charge is 0.131 e. The Labute approximate surface area is 110 Å². The summed E-state index contributed by atoms with van der Waals surface area (Å²) in [6, 6.07) is 17.8. The molecule has 0 radical (unpaired) electrons. The fraction of sp³-hybridized carbons (Fsp3) is 0.250. The maximum atomic E-state index is 12.5. The lowest BCUT2D eigenvalue weighted by molar-refractivity contribution is 0.590. The van der Waals surface area contributed by atoms with Crippen LogP contribution in [0, 0.1) is 0 Å². The summed E-state index contributed by atoms with van der Waals surface area (Å²) in [5.41, 5.74) is 1.32. The van der Waals surface area contributed by atoms with Crippen molar-refractivity contribution in [2.45, 2.75) is 26.2 Å². The molecule has 0 spiro atoms. The van der Waals surface area contributed by atoms with Crippen molar-refractivity contribution < 1.29 is 4.57 Å². The largest absolute Gasteiger partial charge is 0.317 e. The molecule has 0 aromatic heterocycles. The molecule has 18 heavy (non-hydrogen) atoms. The normalized spacial score (nSPS) is 13.3. The van der Waals surface area contributed by atoms with Gasteiger partial charge in [-0.3, -0.25) is 0 Å². The van der Waals surface area contributed by atoms with Crippen LogP contribution in [-0.4, -0.2) is 0 Å². The molecule has 2 aromatic carbocycles. The van der Waals surface area contributed by atoms with Crippen molar-refractivity contribution in [2.24, 2.45) is 0 Å². The molecule has 0 fully saturated rings. The third kappa shape index (κ3) is 2.91. The minimum Gasteiger partial charge on any atom is -0.317 e. The van der Waals surface area contributed by atoms with Crippen LogP contribution in [0.15, 0.2) is 54.6 Å². The molecule has 0 amide bonds. The van der Waals surface area contributed by atoms with Crippen molar-refractivity contribution in [3.05, 3.63) is 60.2 Å². The molecule has 0 N–H and O–H groups in total. The topological polar surface area (TPSA) is 17.1 Å². The lowest BCUT2D eigenvalue weighted by Crippen LogP contribution is -2.15. The molecule has 1 unspecified atom stereocenters. The SMILES string of the molecule is CC(C)(C)c1cccc([PH](=O)c2ccccc2)c1. The second-order valence-electron chi connectivity index (χ2n) is 5.53. The molecule has 1 nitrogen and oxygen atoms in total. The van der Waals surface area contributed by atoms with E-state index in [1.807, 2.05) is 42.5 Å². The highest BCUT2D eigenvalue weighted by Gasteiger charge is 2.15. The first kappa shape index (κ1) is 13.1. The Morgan fingerprint density at radius 2 is 1.44 bits per heavy atom. The molecular weight excluding hydrogens is 239 g/mol. The summed E-state index contributed by atoms with van der Waals surface area (Å²) >= 11 is 0. The first-order valence-electron chi connectivity index (χ1n) is 6.19. The zero-order valence-electron chi connectivity index (χ0n) is 11.1. The average Bonchev–Trinajstić information content (AvgIpc) is 2.38. The van der Waals surface area contributed by atoms with E-state index < -0.39 is 7.80 Å². The first-order valence-corrected chi connectivity index (χ1v) is 7.59. The van der Waals surface area contributed by atoms with Gasteiger partial charge in [0.1, 0.15) is 7.80 Å². The number of rotatable bonds is 2. The Morgan fingerprint density at radius 3 is 2.06 bits per heavy atom. The van der Waals surface area contributed by atoms with Crippen molar-refractivity contribution in [1.82, 2.24) is 0 Å². The quantitative estimate of drug-likeness (QED) is 0.753. The van der Waals surface area contributed by atoms with E-state index in [1.165, 1.54) is 5.56 Å². The maximum absolute atomic E-state index is 12.5. The first-order chi connectivity index (χ1) is 8.48. The van der Waals surface area contributed by atoms with Crippen LogP contribution in [0.1, 0.15) is 26.3 Å². The van der Waals surface area contributed by atoms with Crippen LogP contribution >= 0.6 is 7.80 Å². The standard InChI is InChI=1S/C16H19OP/c1-16(2,3)13-8-7-11-15(12-13)18(17)14-9-5-4-6-10-14/h4-12,18H,1-3H3. The minimum absolute atomic E-state index is 0.0921. The van der Waals surface area contributed by atoms with Gasteiger partial charge in [0.15, 0.2) is 0 Å². The molecule has 2 heteroatoms. The van der Waals surface area contributed by atoms with E-state index in [-0.39, 0.29) is 5.41 Å². The average molecular weight is 258 g/mol. The van der Waals surface area contributed by atoms with Crippen LogP contribution in [-0.2, 0) is 9.98 Å². The maximum Gasteiger partial charge on any atom is 0.131 e. The summed E-state index contributed by atoms with van der Waals surface area (Å²) in [4.78, 5) is 0. The Kier molecular flexibility index (Phi) is 3.73. The number of benzene rings is 2. The van der Waals surface area contributed by atoms with Crippen molar-refractivity contribution in [3.8, 4) is 0 Å². The summed E-state index contributed by atoms with van der Waals surface area (Å²) in [6.07, 6.45) is 0. The van der Waals surface area contributed by atoms with Crippen LogP contribution in [0.25, 0.3) is 0 Å². The van der Waals surface area contributed by atoms with E-state index in [0.717, 1.165) is 10.6 Å². The van der Waals surface area contributed by atoms with Gasteiger partial charge in [-0.1, -0.05) is 69.3 Å². The van der Waals surface area contributed by atoms with Crippen LogP contribution < -0.4 is 10.6 Å². The van der Waals surface area contributed by atoms with Gasteiger partial charge in [-0.05, 0) is 17.0 Å². The van der Waals surface area contributed by atoms with Crippen molar-refractivity contribution >= 4 is 18.4 Å². The van der Waals surface area contributed by atoms with Crippen LogP contribution in [0.5, 0.6) is 0 Å². The zero-order chi connectivity index (χ0) is 13.2. The summed E-state index contributed by atoms with van der Waals surface area (Å²) in [7, 11) is -1.88. The van der Waals surface area contributed by atoms with Crippen molar-refractivity contribution in [3.63, 3.8) is 0 Å². The van der Waals surface area contributed by atoms with Crippen molar-refractivity contribution in [2.75, 3.05) is 0 Å². The molecule has 0 aliphatic rings. The van der Waals surface area contributed by atoms with E-state index in [1.54, 1.807) is 0 Å². The van der Waals surface area contributed by atoms with E-state index in [2.05, 4.69) is 32.9 Å². The Bertz CT molecular complexity index is 553. The van der Waals surface area contributed by atoms with Gasteiger partial charge >= 0.3 is 0 Å².